The highest BCUT2D eigenvalue weighted by Crippen LogP contribution is 2.35. The summed E-state index contributed by atoms with van der Waals surface area (Å²) in [6, 6.07) is 7.29. The van der Waals surface area contributed by atoms with E-state index >= 15 is 0 Å². The number of carboxylic acids is 1. The standard InChI is InChI=1S/C15H12F2O2S/c1-8-3-4-9(2)13(5-8)20-14-11(16)6-10(15(18)19)7-12(14)17/h3-7H,1-2H3,(H,18,19). The van der Waals surface area contributed by atoms with Crippen LogP contribution >= 0.6 is 11.8 Å². The van der Waals surface area contributed by atoms with Crippen molar-refractivity contribution in [2.24, 2.45) is 0 Å². The molecule has 0 spiro atoms. The SMILES string of the molecule is Cc1ccc(C)c(Sc2c(F)cc(C(=O)O)cc2F)c1. The van der Waals surface area contributed by atoms with Crippen LogP contribution in [-0.4, -0.2) is 11.1 Å². The van der Waals surface area contributed by atoms with Crippen LogP contribution in [0.15, 0.2) is 40.1 Å². The fraction of sp³-hybridized carbons (Fsp3) is 0.133. The Morgan fingerprint density at radius 2 is 1.70 bits per heavy atom. The van der Waals surface area contributed by atoms with Crippen LogP contribution in [0, 0.1) is 25.5 Å². The Balaban J connectivity index is 2.44. The van der Waals surface area contributed by atoms with Gasteiger partial charge in [0.05, 0.1) is 10.5 Å². The maximum atomic E-state index is 13.9. The minimum atomic E-state index is -1.36. The first kappa shape index (κ1) is 14.5. The zero-order valence-corrected chi connectivity index (χ0v) is 11.7. The van der Waals surface area contributed by atoms with Crippen LogP contribution in [0.4, 0.5) is 8.78 Å². The summed E-state index contributed by atoms with van der Waals surface area (Å²) in [7, 11) is 0. The van der Waals surface area contributed by atoms with E-state index in [1.54, 1.807) is 0 Å². The molecular formula is C15H12F2O2S. The van der Waals surface area contributed by atoms with E-state index in [-0.39, 0.29) is 4.90 Å². The number of hydrogen-bond acceptors (Lipinski definition) is 2. The van der Waals surface area contributed by atoms with Crippen molar-refractivity contribution in [2.45, 2.75) is 23.6 Å². The van der Waals surface area contributed by atoms with Crippen molar-refractivity contribution in [2.75, 3.05) is 0 Å². The zero-order valence-electron chi connectivity index (χ0n) is 10.9. The smallest absolute Gasteiger partial charge is 0.335 e. The molecule has 0 aliphatic heterocycles. The van der Waals surface area contributed by atoms with Gasteiger partial charge in [-0.3, -0.25) is 0 Å². The number of aromatic carboxylic acids is 1. The number of carboxylic acid groups (broad SMARTS) is 1. The van der Waals surface area contributed by atoms with Crippen molar-refractivity contribution in [1.29, 1.82) is 0 Å². The minimum Gasteiger partial charge on any atom is -0.478 e. The third-order valence-electron chi connectivity index (χ3n) is 2.80. The molecule has 0 amide bonds. The summed E-state index contributed by atoms with van der Waals surface area (Å²) < 4.78 is 27.7. The number of rotatable bonds is 3. The van der Waals surface area contributed by atoms with Gasteiger partial charge in [-0.15, -0.1) is 0 Å². The third kappa shape index (κ3) is 2.99. The molecule has 0 saturated carbocycles. The summed E-state index contributed by atoms with van der Waals surface area (Å²) in [4.78, 5) is 11.3. The van der Waals surface area contributed by atoms with Gasteiger partial charge in [-0.2, -0.15) is 0 Å². The average molecular weight is 294 g/mol. The first-order valence-corrected chi connectivity index (χ1v) is 6.67. The highest BCUT2D eigenvalue weighted by atomic mass is 32.2. The molecule has 0 aromatic heterocycles. The Morgan fingerprint density at radius 3 is 2.25 bits per heavy atom. The van der Waals surface area contributed by atoms with Crippen molar-refractivity contribution in [1.82, 2.24) is 0 Å². The van der Waals surface area contributed by atoms with Crippen LogP contribution in [0.3, 0.4) is 0 Å². The van der Waals surface area contributed by atoms with Crippen LogP contribution in [0.1, 0.15) is 21.5 Å². The van der Waals surface area contributed by atoms with Gasteiger partial charge in [-0.25, -0.2) is 13.6 Å². The van der Waals surface area contributed by atoms with Gasteiger partial charge in [-0.05, 0) is 43.2 Å². The van der Waals surface area contributed by atoms with Gasteiger partial charge in [0.2, 0.25) is 0 Å². The van der Waals surface area contributed by atoms with Crippen LogP contribution in [0.2, 0.25) is 0 Å². The third-order valence-corrected chi connectivity index (χ3v) is 4.05. The van der Waals surface area contributed by atoms with Gasteiger partial charge in [0, 0.05) is 4.90 Å². The van der Waals surface area contributed by atoms with E-state index in [0.29, 0.717) is 0 Å². The molecular weight excluding hydrogens is 282 g/mol. The molecule has 2 nitrogen and oxygen atoms in total. The summed E-state index contributed by atoms with van der Waals surface area (Å²) in [6.45, 7) is 3.74. The molecule has 20 heavy (non-hydrogen) atoms. The summed E-state index contributed by atoms with van der Waals surface area (Å²) in [5.74, 6) is -3.09. The van der Waals surface area contributed by atoms with Crippen LogP contribution in [0.25, 0.3) is 0 Å². The van der Waals surface area contributed by atoms with Gasteiger partial charge >= 0.3 is 5.97 Å². The summed E-state index contributed by atoms with van der Waals surface area (Å²) >= 11 is 0.959. The Bertz CT molecular complexity index is 661. The molecule has 0 bridgehead atoms. The second-order valence-corrected chi connectivity index (χ2v) is 5.50. The van der Waals surface area contributed by atoms with E-state index in [1.807, 2.05) is 32.0 Å². The number of aryl methyl sites for hydroxylation is 2. The molecule has 5 heteroatoms. The van der Waals surface area contributed by atoms with Crippen molar-refractivity contribution in [3.8, 4) is 0 Å². The molecule has 2 rings (SSSR count). The molecule has 1 N–H and O–H groups in total. The number of halogens is 2. The van der Waals surface area contributed by atoms with E-state index in [9.17, 15) is 13.6 Å². The van der Waals surface area contributed by atoms with Gasteiger partial charge < -0.3 is 5.11 Å². The Labute approximate surface area is 119 Å². The van der Waals surface area contributed by atoms with Crippen molar-refractivity contribution in [3.05, 3.63) is 58.7 Å². The zero-order chi connectivity index (χ0) is 14.9. The highest BCUT2D eigenvalue weighted by Gasteiger charge is 2.16. The van der Waals surface area contributed by atoms with Crippen molar-refractivity contribution >= 4 is 17.7 Å². The number of benzene rings is 2. The first-order valence-electron chi connectivity index (χ1n) is 5.86. The molecule has 0 unspecified atom stereocenters. The van der Waals surface area contributed by atoms with Gasteiger partial charge in [0.1, 0.15) is 11.6 Å². The maximum absolute atomic E-state index is 13.9. The Morgan fingerprint density at radius 1 is 1.10 bits per heavy atom. The molecule has 2 aromatic rings. The van der Waals surface area contributed by atoms with Gasteiger partial charge in [-0.1, -0.05) is 23.9 Å². The molecule has 0 atom stereocenters. The van der Waals surface area contributed by atoms with Crippen molar-refractivity contribution in [3.63, 3.8) is 0 Å². The predicted molar refractivity (Wildman–Crippen MR) is 73.4 cm³/mol. The molecule has 2 aromatic carbocycles. The Kier molecular flexibility index (Phi) is 4.09. The van der Waals surface area contributed by atoms with Crippen molar-refractivity contribution < 1.29 is 18.7 Å². The lowest BCUT2D eigenvalue weighted by atomic mass is 10.2. The summed E-state index contributed by atoms with van der Waals surface area (Å²) in [6.07, 6.45) is 0. The molecule has 104 valence electrons. The minimum absolute atomic E-state index is 0.191. The predicted octanol–water partition coefficient (Wildman–Crippen LogP) is 4.43. The largest absolute Gasteiger partial charge is 0.478 e. The molecule has 0 heterocycles. The van der Waals surface area contributed by atoms with Crippen LogP contribution in [-0.2, 0) is 0 Å². The van der Waals surface area contributed by atoms with E-state index in [4.69, 9.17) is 5.11 Å². The maximum Gasteiger partial charge on any atom is 0.335 e. The van der Waals surface area contributed by atoms with Crippen LogP contribution < -0.4 is 0 Å². The van der Waals surface area contributed by atoms with Crippen LogP contribution in [0.5, 0.6) is 0 Å². The normalized spacial score (nSPS) is 10.6. The molecule has 0 radical (unpaired) electrons. The lowest BCUT2D eigenvalue weighted by Gasteiger charge is -2.09. The van der Waals surface area contributed by atoms with E-state index in [1.165, 1.54) is 0 Å². The molecule has 0 fully saturated rings. The van der Waals surface area contributed by atoms with E-state index in [2.05, 4.69) is 0 Å². The van der Waals surface area contributed by atoms with Gasteiger partial charge in [0.25, 0.3) is 0 Å². The van der Waals surface area contributed by atoms with Gasteiger partial charge in [0.15, 0.2) is 0 Å². The first-order chi connectivity index (χ1) is 9.38. The molecule has 0 aliphatic carbocycles. The summed E-state index contributed by atoms with van der Waals surface area (Å²) in [5.41, 5.74) is 1.49. The number of hydrogen-bond donors (Lipinski definition) is 1. The fourth-order valence-electron chi connectivity index (χ4n) is 1.71. The average Bonchev–Trinajstić information content (AvgIpc) is 2.37. The lowest BCUT2D eigenvalue weighted by molar-refractivity contribution is 0.0695. The van der Waals surface area contributed by atoms with E-state index in [0.717, 1.165) is 39.9 Å². The monoisotopic (exact) mass is 294 g/mol. The molecule has 0 aliphatic rings. The second-order valence-electron chi connectivity index (χ2n) is 4.45. The highest BCUT2D eigenvalue weighted by molar-refractivity contribution is 7.99. The number of carbonyl (C=O) groups is 1. The molecule has 0 saturated heterocycles. The fourth-order valence-corrected chi connectivity index (χ4v) is 2.71. The summed E-state index contributed by atoms with van der Waals surface area (Å²) in [5, 5.41) is 8.75. The quantitative estimate of drug-likeness (QED) is 0.909. The Hall–Kier alpha value is -1.88. The second kappa shape index (κ2) is 5.63. The topological polar surface area (TPSA) is 37.3 Å². The van der Waals surface area contributed by atoms with E-state index < -0.39 is 23.2 Å². The lowest BCUT2D eigenvalue weighted by Crippen LogP contribution is -2.00.